The molecule has 4 heteroatoms. The number of benzene rings is 1. The first-order valence-electron chi connectivity index (χ1n) is 5.25. The summed E-state index contributed by atoms with van der Waals surface area (Å²) >= 11 is 1.56. The van der Waals surface area contributed by atoms with Gasteiger partial charge in [0.25, 0.3) is 0 Å². The lowest BCUT2D eigenvalue weighted by Crippen LogP contribution is -1.79. The summed E-state index contributed by atoms with van der Waals surface area (Å²) in [7, 11) is 0. The van der Waals surface area contributed by atoms with Crippen LogP contribution < -0.4 is 0 Å². The molecule has 0 unspecified atom stereocenters. The van der Waals surface area contributed by atoms with Crippen molar-refractivity contribution in [2.45, 2.75) is 6.92 Å². The van der Waals surface area contributed by atoms with Crippen LogP contribution in [0.15, 0.2) is 36.5 Å². The van der Waals surface area contributed by atoms with Crippen molar-refractivity contribution >= 4 is 21.7 Å². The highest BCUT2D eigenvalue weighted by atomic mass is 32.1. The fourth-order valence-corrected chi connectivity index (χ4v) is 2.59. The number of thiazole rings is 1. The molecule has 2 aromatic heterocycles. The standard InChI is InChI=1S/C13H10N2OS/c1-8-7-9(4-5-11(8)16)12-15-10-3-2-6-14-13(10)17-12/h2-7,16H,1H3. The first-order valence-corrected chi connectivity index (χ1v) is 6.07. The Morgan fingerprint density at radius 2 is 2.12 bits per heavy atom. The van der Waals surface area contributed by atoms with Gasteiger partial charge in [-0.25, -0.2) is 9.97 Å². The third-order valence-corrected chi connectivity index (χ3v) is 3.64. The molecule has 0 saturated heterocycles. The molecule has 17 heavy (non-hydrogen) atoms. The molecule has 0 amide bonds. The summed E-state index contributed by atoms with van der Waals surface area (Å²) < 4.78 is 0. The van der Waals surface area contributed by atoms with Crippen molar-refractivity contribution in [3.05, 3.63) is 42.1 Å². The predicted molar refractivity (Wildman–Crippen MR) is 69.3 cm³/mol. The molecular weight excluding hydrogens is 232 g/mol. The van der Waals surface area contributed by atoms with E-state index in [1.807, 2.05) is 31.2 Å². The summed E-state index contributed by atoms with van der Waals surface area (Å²) in [6.45, 7) is 1.88. The number of hydrogen-bond acceptors (Lipinski definition) is 4. The third-order valence-electron chi connectivity index (χ3n) is 2.61. The molecule has 0 aliphatic carbocycles. The normalized spacial score (nSPS) is 10.9. The van der Waals surface area contributed by atoms with E-state index in [4.69, 9.17) is 0 Å². The van der Waals surface area contributed by atoms with Gasteiger partial charge in [0.1, 0.15) is 21.1 Å². The lowest BCUT2D eigenvalue weighted by Gasteiger charge is -2.00. The Bertz CT molecular complexity index is 658. The van der Waals surface area contributed by atoms with Gasteiger partial charge in [-0.1, -0.05) is 11.3 Å². The molecule has 1 N–H and O–H groups in total. The van der Waals surface area contributed by atoms with Gasteiger partial charge < -0.3 is 5.11 Å². The lowest BCUT2D eigenvalue weighted by molar-refractivity contribution is 0.471. The number of aromatic hydroxyl groups is 1. The highest BCUT2D eigenvalue weighted by Crippen LogP contribution is 2.30. The molecular formula is C13H10N2OS. The number of aromatic nitrogens is 2. The topological polar surface area (TPSA) is 46.0 Å². The monoisotopic (exact) mass is 242 g/mol. The van der Waals surface area contributed by atoms with Gasteiger partial charge in [-0.15, -0.1) is 0 Å². The van der Waals surface area contributed by atoms with Gasteiger partial charge in [0.2, 0.25) is 0 Å². The van der Waals surface area contributed by atoms with Crippen LogP contribution in [0.1, 0.15) is 5.56 Å². The zero-order chi connectivity index (χ0) is 11.8. The second kappa shape index (κ2) is 3.82. The van der Waals surface area contributed by atoms with Gasteiger partial charge in [-0.2, -0.15) is 0 Å². The molecule has 3 rings (SSSR count). The number of phenols is 1. The van der Waals surface area contributed by atoms with E-state index in [0.717, 1.165) is 26.5 Å². The molecule has 0 bridgehead atoms. The summed E-state index contributed by atoms with van der Waals surface area (Å²) in [4.78, 5) is 9.74. The molecule has 0 spiro atoms. The van der Waals surface area contributed by atoms with Crippen LogP contribution >= 0.6 is 11.3 Å². The van der Waals surface area contributed by atoms with Crippen LogP contribution in [0, 0.1) is 6.92 Å². The first kappa shape index (κ1) is 10.2. The number of fused-ring (bicyclic) bond motifs is 1. The molecule has 0 radical (unpaired) electrons. The van der Waals surface area contributed by atoms with Gasteiger partial charge in [0.05, 0.1) is 0 Å². The third kappa shape index (κ3) is 1.76. The van der Waals surface area contributed by atoms with Gasteiger partial charge in [-0.3, -0.25) is 0 Å². The zero-order valence-corrected chi connectivity index (χ0v) is 10.0. The lowest BCUT2D eigenvalue weighted by atomic mass is 10.1. The molecule has 0 atom stereocenters. The van der Waals surface area contributed by atoms with Crippen molar-refractivity contribution < 1.29 is 5.11 Å². The molecule has 3 aromatic rings. The van der Waals surface area contributed by atoms with Gasteiger partial charge in [0, 0.05) is 11.8 Å². The molecule has 84 valence electrons. The summed E-state index contributed by atoms with van der Waals surface area (Å²) in [5, 5.41) is 10.4. The minimum Gasteiger partial charge on any atom is -0.508 e. The number of rotatable bonds is 1. The minimum absolute atomic E-state index is 0.313. The van der Waals surface area contributed by atoms with E-state index in [1.165, 1.54) is 0 Å². The highest BCUT2D eigenvalue weighted by molar-refractivity contribution is 7.21. The van der Waals surface area contributed by atoms with Gasteiger partial charge >= 0.3 is 0 Å². The fourth-order valence-electron chi connectivity index (χ4n) is 1.68. The van der Waals surface area contributed by atoms with Crippen LogP contribution in [0.5, 0.6) is 5.75 Å². The number of nitrogens with zero attached hydrogens (tertiary/aromatic N) is 2. The maximum atomic E-state index is 9.50. The molecule has 2 heterocycles. The fraction of sp³-hybridized carbons (Fsp3) is 0.0769. The van der Waals surface area contributed by atoms with E-state index < -0.39 is 0 Å². The van der Waals surface area contributed by atoms with Crippen molar-refractivity contribution in [1.82, 2.24) is 9.97 Å². The maximum absolute atomic E-state index is 9.50. The second-order valence-corrected chi connectivity index (χ2v) is 4.83. The Kier molecular flexibility index (Phi) is 2.30. The summed E-state index contributed by atoms with van der Waals surface area (Å²) in [5.74, 6) is 0.313. The Labute approximate surface area is 102 Å². The van der Waals surface area contributed by atoms with Crippen LogP contribution in [0.2, 0.25) is 0 Å². The van der Waals surface area contributed by atoms with Gasteiger partial charge in [0.15, 0.2) is 0 Å². The molecule has 3 nitrogen and oxygen atoms in total. The number of hydrogen-bond donors (Lipinski definition) is 1. The van der Waals surface area contributed by atoms with Crippen molar-refractivity contribution in [2.75, 3.05) is 0 Å². The Morgan fingerprint density at radius 1 is 1.24 bits per heavy atom. The van der Waals surface area contributed by atoms with Crippen molar-refractivity contribution in [3.63, 3.8) is 0 Å². The number of pyridine rings is 1. The van der Waals surface area contributed by atoms with E-state index in [0.29, 0.717) is 5.75 Å². The van der Waals surface area contributed by atoms with Crippen molar-refractivity contribution in [2.24, 2.45) is 0 Å². The van der Waals surface area contributed by atoms with Crippen LogP contribution in [0.25, 0.3) is 20.9 Å². The van der Waals surface area contributed by atoms with E-state index in [9.17, 15) is 5.11 Å². The van der Waals surface area contributed by atoms with Crippen LogP contribution in [-0.2, 0) is 0 Å². The van der Waals surface area contributed by atoms with E-state index in [2.05, 4.69) is 9.97 Å². The van der Waals surface area contributed by atoms with E-state index in [1.54, 1.807) is 23.6 Å². The molecule has 0 fully saturated rings. The maximum Gasteiger partial charge on any atom is 0.143 e. The summed E-state index contributed by atoms with van der Waals surface area (Å²) in [5.41, 5.74) is 2.79. The zero-order valence-electron chi connectivity index (χ0n) is 9.21. The number of aryl methyl sites for hydroxylation is 1. The van der Waals surface area contributed by atoms with Crippen molar-refractivity contribution in [1.29, 1.82) is 0 Å². The summed E-state index contributed by atoms with van der Waals surface area (Å²) in [6.07, 6.45) is 1.77. The quantitative estimate of drug-likeness (QED) is 0.711. The molecule has 0 aliphatic rings. The minimum atomic E-state index is 0.313. The second-order valence-electron chi connectivity index (χ2n) is 3.85. The average molecular weight is 242 g/mol. The largest absolute Gasteiger partial charge is 0.508 e. The molecule has 0 saturated carbocycles. The highest BCUT2D eigenvalue weighted by Gasteiger charge is 2.07. The summed E-state index contributed by atoms with van der Waals surface area (Å²) in [6, 6.07) is 9.35. The van der Waals surface area contributed by atoms with E-state index >= 15 is 0 Å². The smallest absolute Gasteiger partial charge is 0.143 e. The first-order chi connectivity index (χ1) is 8.24. The number of phenolic OH excluding ortho intramolecular Hbond substituents is 1. The van der Waals surface area contributed by atoms with Crippen LogP contribution in [-0.4, -0.2) is 15.1 Å². The Balaban J connectivity index is 2.17. The SMILES string of the molecule is Cc1cc(-c2nc3cccnc3s2)ccc1O. The van der Waals surface area contributed by atoms with Crippen LogP contribution in [0.4, 0.5) is 0 Å². The average Bonchev–Trinajstić information content (AvgIpc) is 2.76. The van der Waals surface area contributed by atoms with Gasteiger partial charge in [-0.05, 0) is 42.8 Å². The van der Waals surface area contributed by atoms with E-state index in [-0.39, 0.29) is 0 Å². The molecule has 0 aliphatic heterocycles. The van der Waals surface area contributed by atoms with Crippen molar-refractivity contribution in [3.8, 4) is 16.3 Å². The Hall–Kier alpha value is -1.94. The molecule has 1 aromatic carbocycles. The van der Waals surface area contributed by atoms with Crippen LogP contribution in [0.3, 0.4) is 0 Å². The Morgan fingerprint density at radius 3 is 2.88 bits per heavy atom. The predicted octanol–water partition coefficient (Wildman–Crippen LogP) is 3.37.